The van der Waals surface area contributed by atoms with Gasteiger partial charge in [-0.15, -0.1) is 0 Å². The summed E-state index contributed by atoms with van der Waals surface area (Å²) in [6, 6.07) is 25.4. The van der Waals surface area contributed by atoms with Crippen molar-refractivity contribution in [3.8, 4) is 11.5 Å². The minimum absolute atomic E-state index is 0.0499. The van der Waals surface area contributed by atoms with Crippen LogP contribution in [0, 0.1) is 13.8 Å². The lowest BCUT2D eigenvalue weighted by Gasteiger charge is -2.19. The van der Waals surface area contributed by atoms with Gasteiger partial charge in [-0.25, -0.2) is 0 Å². The summed E-state index contributed by atoms with van der Waals surface area (Å²) in [6.45, 7) is 6.00. The molecule has 184 valence electrons. The molecule has 0 aliphatic carbocycles. The number of carboxylic acid groups (broad SMARTS) is 1. The molecule has 4 aromatic rings. The number of amides is 1. The molecule has 0 bridgehead atoms. The summed E-state index contributed by atoms with van der Waals surface area (Å²) in [4.78, 5) is 24.5. The molecule has 5 heteroatoms. The zero-order valence-electron chi connectivity index (χ0n) is 20.9. The van der Waals surface area contributed by atoms with Crippen LogP contribution in [0.4, 0.5) is 0 Å². The summed E-state index contributed by atoms with van der Waals surface area (Å²) in [6.07, 6.45) is 0.988. The first-order valence-electron chi connectivity index (χ1n) is 12.2. The fraction of sp³-hybridized carbons (Fsp3) is 0.226. The van der Waals surface area contributed by atoms with Crippen molar-refractivity contribution in [3.05, 3.63) is 107 Å². The zero-order valence-corrected chi connectivity index (χ0v) is 20.9. The van der Waals surface area contributed by atoms with Crippen molar-refractivity contribution in [2.24, 2.45) is 0 Å². The summed E-state index contributed by atoms with van der Waals surface area (Å²) < 4.78 is 6.10. The number of aryl methyl sites for hydroxylation is 3. The van der Waals surface area contributed by atoms with Crippen LogP contribution in [-0.4, -0.2) is 17.0 Å². The summed E-state index contributed by atoms with van der Waals surface area (Å²) in [5, 5.41) is 14.4. The monoisotopic (exact) mass is 481 g/mol. The predicted octanol–water partition coefficient (Wildman–Crippen LogP) is 7.15. The Bertz CT molecular complexity index is 1380. The molecule has 0 fully saturated rings. The molecule has 0 spiro atoms. The van der Waals surface area contributed by atoms with Crippen LogP contribution >= 0.6 is 0 Å². The largest absolute Gasteiger partial charge is 0.481 e. The van der Waals surface area contributed by atoms with Crippen molar-refractivity contribution < 1.29 is 19.4 Å². The highest BCUT2D eigenvalue weighted by Gasteiger charge is 2.18. The molecule has 0 heterocycles. The molecule has 0 saturated heterocycles. The molecular formula is C31H31NO4. The molecule has 1 amide bonds. The molecule has 0 radical (unpaired) electrons. The van der Waals surface area contributed by atoms with Gasteiger partial charge in [-0.1, -0.05) is 54.6 Å². The van der Waals surface area contributed by atoms with Gasteiger partial charge in [0.1, 0.15) is 11.5 Å². The molecule has 0 unspecified atom stereocenters. The van der Waals surface area contributed by atoms with E-state index in [0.29, 0.717) is 29.9 Å². The van der Waals surface area contributed by atoms with Crippen molar-refractivity contribution >= 4 is 22.6 Å². The first kappa shape index (κ1) is 25.0. The Balaban J connectivity index is 1.62. The van der Waals surface area contributed by atoms with Crippen molar-refractivity contribution in [2.45, 2.75) is 46.1 Å². The van der Waals surface area contributed by atoms with Crippen molar-refractivity contribution in [1.29, 1.82) is 0 Å². The van der Waals surface area contributed by atoms with Crippen LogP contribution in [0.15, 0.2) is 78.9 Å². The second-order valence-corrected chi connectivity index (χ2v) is 9.26. The van der Waals surface area contributed by atoms with E-state index in [4.69, 9.17) is 9.84 Å². The van der Waals surface area contributed by atoms with Gasteiger partial charge >= 0.3 is 5.97 Å². The molecule has 1 atom stereocenters. The predicted molar refractivity (Wildman–Crippen MR) is 143 cm³/mol. The van der Waals surface area contributed by atoms with Crippen LogP contribution in [0.25, 0.3) is 10.8 Å². The third-order valence-electron chi connectivity index (χ3n) is 6.23. The highest BCUT2D eigenvalue weighted by atomic mass is 16.5. The van der Waals surface area contributed by atoms with E-state index in [0.717, 1.165) is 33.0 Å². The summed E-state index contributed by atoms with van der Waals surface area (Å²) in [5.74, 6) is 0.207. The van der Waals surface area contributed by atoms with E-state index in [1.54, 1.807) is 6.07 Å². The Morgan fingerprint density at radius 3 is 2.36 bits per heavy atom. The Labute approximate surface area is 211 Å². The van der Waals surface area contributed by atoms with Gasteiger partial charge in [0, 0.05) is 12.0 Å². The molecule has 36 heavy (non-hydrogen) atoms. The summed E-state index contributed by atoms with van der Waals surface area (Å²) in [5.41, 5.74) is 4.52. The second-order valence-electron chi connectivity index (χ2n) is 9.26. The Morgan fingerprint density at radius 2 is 1.61 bits per heavy atom. The maximum atomic E-state index is 13.5. The van der Waals surface area contributed by atoms with Gasteiger partial charge in [-0.3, -0.25) is 9.59 Å². The van der Waals surface area contributed by atoms with Gasteiger partial charge in [-0.2, -0.15) is 0 Å². The van der Waals surface area contributed by atoms with E-state index >= 15 is 0 Å². The number of benzene rings is 4. The molecule has 2 N–H and O–H groups in total. The van der Waals surface area contributed by atoms with Crippen LogP contribution in [0.3, 0.4) is 0 Å². The second kappa shape index (κ2) is 11.1. The van der Waals surface area contributed by atoms with Crippen LogP contribution in [-0.2, 0) is 11.2 Å². The summed E-state index contributed by atoms with van der Waals surface area (Å²) in [7, 11) is 0. The molecule has 4 aromatic carbocycles. The van der Waals surface area contributed by atoms with Gasteiger partial charge < -0.3 is 15.2 Å². The fourth-order valence-electron chi connectivity index (χ4n) is 4.59. The Morgan fingerprint density at radius 1 is 0.889 bits per heavy atom. The van der Waals surface area contributed by atoms with Gasteiger partial charge in [-0.05, 0) is 90.9 Å². The SMILES string of the molecule is Cc1cc(C)cc(Oc2ccc(CCCC(=O)O)c(C(=O)N[C@H](C)c3cccc4ccccc34)c2)c1. The first-order chi connectivity index (χ1) is 17.3. The lowest BCUT2D eigenvalue weighted by molar-refractivity contribution is -0.137. The topological polar surface area (TPSA) is 75.6 Å². The highest BCUT2D eigenvalue weighted by molar-refractivity contribution is 5.97. The number of hydrogen-bond donors (Lipinski definition) is 2. The van der Waals surface area contributed by atoms with Gasteiger partial charge in [0.25, 0.3) is 5.91 Å². The molecule has 0 aliphatic rings. The van der Waals surface area contributed by atoms with Gasteiger partial charge in [0.05, 0.1) is 6.04 Å². The van der Waals surface area contributed by atoms with Crippen LogP contribution in [0.1, 0.15) is 58.4 Å². The molecule has 0 aliphatic heterocycles. The molecule has 0 aromatic heterocycles. The van der Waals surface area contributed by atoms with Crippen LogP contribution in [0.2, 0.25) is 0 Å². The van der Waals surface area contributed by atoms with Crippen molar-refractivity contribution in [2.75, 3.05) is 0 Å². The van der Waals surface area contributed by atoms with Crippen molar-refractivity contribution in [3.63, 3.8) is 0 Å². The standard InChI is InChI=1S/C31H31NO4/c1-20-16-21(2)18-26(17-20)36-25-15-14-24(10-7-13-30(33)34)29(19-25)31(35)32-22(3)27-12-6-9-23-8-4-5-11-28(23)27/h4-6,8-9,11-12,14-19,22H,7,10,13H2,1-3H3,(H,32,35)(H,33,34)/t22-/m1/s1. The number of aliphatic carboxylic acids is 1. The lowest BCUT2D eigenvalue weighted by Crippen LogP contribution is -2.27. The number of hydrogen-bond acceptors (Lipinski definition) is 3. The normalized spacial score (nSPS) is 11.8. The number of nitrogens with one attached hydrogen (secondary N) is 1. The minimum atomic E-state index is -0.847. The first-order valence-corrected chi connectivity index (χ1v) is 12.2. The average Bonchev–Trinajstić information content (AvgIpc) is 2.83. The average molecular weight is 482 g/mol. The lowest BCUT2D eigenvalue weighted by atomic mass is 9.98. The van der Waals surface area contributed by atoms with Gasteiger partial charge in [0.2, 0.25) is 0 Å². The number of carbonyl (C=O) groups excluding carboxylic acids is 1. The highest BCUT2D eigenvalue weighted by Crippen LogP contribution is 2.28. The van der Waals surface area contributed by atoms with E-state index in [9.17, 15) is 9.59 Å². The van der Waals surface area contributed by atoms with E-state index in [-0.39, 0.29) is 18.4 Å². The van der Waals surface area contributed by atoms with Crippen molar-refractivity contribution in [1.82, 2.24) is 5.32 Å². The Hall–Kier alpha value is -4.12. The number of carboxylic acids is 1. The maximum absolute atomic E-state index is 13.5. The van der Waals surface area contributed by atoms with Gasteiger partial charge in [0.15, 0.2) is 0 Å². The molecule has 5 nitrogen and oxygen atoms in total. The third kappa shape index (κ3) is 6.11. The smallest absolute Gasteiger partial charge is 0.303 e. The zero-order chi connectivity index (χ0) is 25.7. The number of carbonyl (C=O) groups is 2. The quantitative estimate of drug-likeness (QED) is 0.266. The maximum Gasteiger partial charge on any atom is 0.303 e. The number of fused-ring (bicyclic) bond motifs is 1. The van der Waals surface area contributed by atoms with E-state index in [2.05, 4.69) is 29.6 Å². The van der Waals surface area contributed by atoms with E-state index < -0.39 is 5.97 Å². The minimum Gasteiger partial charge on any atom is -0.481 e. The fourth-order valence-corrected chi connectivity index (χ4v) is 4.59. The van der Waals surface area contributed by atoms with E-state index in [1.807, 2.05) is 69.3 Å². The van der Waals surface area contributed by atoms with Crippen LogP contribution in [0.5, 0.6) is 11.5 Å². The molecule has 4 rings (SSSR count). The molecule has 0 saturated carbocycles. The van der Waals surface area contributed by atoms with Crippen LogP contribution < -0.4 is 10.1 Å². The molecular weight excluding hydrogens is 450 g/mol. The third-order valence-corrected chi connectivity index (χ3v) is 6.23. The summed E-state index contributed by atoms with van der Waals surface area (Å²) >= 11 is 0. The van der Waals surface area contributed by atoms with E-state index in [1.165, 1.54) is 0 Å². The Kier molecular flexibility index (Phi) is 7.69. The number of ether oxygens (including phenoxy) is 1. The number of rotatable bonds is 9.